The number of phenolic OH excluding ortho intramolecular Hbond substituents is 1. The number of hydrogen-bond acceptors (Lipinski definition) is 2. The number of benzene rings is 2. The summed E-state index contributed by atoms with van der Waals surface area (Å²) in [6, 6.07) is 11.0. The number of anilines is 2. The van der Waals surface area contributed by atoms with E-state index in [1.54, 1.807) is 12.1 Å². The number of halogens is 2. The molecule has 3 N–H and O–H groups in total. The average molecular weight is 280 g/mol. The molecule has 0 fully saturated rings. The lowest BCUT2D eigenvalue weighted by molar-refractivity contribution is 0.397. The predicted octanol–water partition coefficient (Wildman–Crippen LogP) is 3.48. The van der Waals surface area contributed by atoms with E-state index in [0.29, 0.717) is 0 Å². The van der Waals surface area contributed by atoms with Crippen LogP contribution in [0.1, 0.15) is 0 Å². The minimum absolute atomic E-state index is 0.112. The highest BCUT2D eigenvalue weighted by atomic mass is 32.1. The molecule has 19 heavy (non-hydrogen) atoms. The molecule has 0 heterocycles. The lowest BCUT2D eigenvalue weighted by atomic mass is 10.3. The Kier molecular flexibility index (Phi) is 3.91. The number of phenols is 1. The van der Waals surface area contributed by atoms with Crippen LogP contribution in [0.5, 0.6) is 5.75 Å². The Morgan fingerprint density at radius 2 is 1.47 bits per heavy atom. The maximum atomic E-state index is 13.1. The van der Waals surface area contributed by atoms with E-state index < -0.39 is 17.4 Å². The van der Waals surface area contributed by atoms with Crippen molar-refractivity contribution >= 4 is 28.7 Å². The summed E-state index contributed by atoms with van der Waals surface area (Å²) >= 11 is 5.01. The molecule has 0 atom stereocenters. The Morgan fingerprint density at radius 1 is 0.947 bits per heavy atom. The van der Waals surface area contributed by atoms with E-state index in [-0.39, 0.29) is 10.8 Å². The fraction of sp³-hybridized carbons (Fsp3) is 0. The fourth-order valence-electron chi connectivity index (χ4n) is 1.45. The van der Waals surface area contributed by atoms with Crippen molar-refractivity contribution in [2.75, 3.05) is 10.6 Å². The second kappa shape index (κ2) is 5.62. The normalized spacial score (nSPS) is 10.0. The predicted molar refractivity (Wildman–Crippen MR) is 74.3 cm³/mol. The van der Waals surface area contributed by atoms with Crippen molar-refractivity contribution in [1.29, 1.82) is 0 Å². The molecule has 0 saturated heterocycles. The van der Waals surface area contributed by atoms with E-state index in [0.717, 1.165) is 17.8 Å². The molecule has 2 aromatic rings. The van der Waals surface area contributed by atoms with Gasteiger partial charge < -0.3 is 15.7 Å². The van der Waals surface area contributed by atoms with E-state index in [9.17, 15) is 8.78 Å². The summed E-state index contributed by atoms with van der Waals surface area (Å²) in [6.07, 6.45) is 0. The molecule has 0 radical (unpaired) electrons. The SMILES string of the molecule is Oc1c(F)cc(NC(=S)Nc2ccccc2)cc1F. The monoisotopic (exact) mass is 280 g/mol. The van der Waals surface area contributed by atoms with Crippen LogP contribution in [0.4, 0.5) is 20.2 Å². The molecule has 3 nitrogen and oxygen atoms in total. The molecule has 0 amide bonds. The van der Waals surface area contributed by atoms with E-state index >= 15 is 0 Å². The lowest BCUT2D eigenvalue weighted by Gasteiger charge is -2.11. The van der Waals surface area contributed by atoms with E-state index in [1.165, 1.54) is 0 Å². The van der Waals surface area contributed by atoms with Gasteiger partial charge in [-0.2, -0.15) is 0 Å². The maximum absolute atomic E-state index is 13.1. The first-order chi connectivity index (χ1) is 9.06. The topological polar surface area (TPSA) is 44.3 Å². The molecule has 0 unspecified atom stereocenters. The van der Waals surface area contributed by atoms with Crippen LogP contribution in [0.3, 0.4) is 0 Å². The van der Waals surface area contributed by atoms with Gasteiger partial charge in [0.2, 0.25) is 0 Å². The molecule has 2 aromatic carbocycles. The van der Waals surface area contributed by atoms with Gasteiger partial charge >= 0.3 is 0 Å². The van der Waals surface area contributed by atoms with Gasteiger partial charge in [0, 0.05) is 23.5 Å². The van der Waals surface area contributed by atoms with Crippen LogP contribution in [-0.2, 0) is 0 Å². The number of hydrogen-bond donors (Lipinski definition) is 3. The molecule has 0 spiro atoms. The first-order valence-electron chi connectivity index (χ1n) is 5.37. The number of para-hydroxylation sites is 1. The van der Waals surface area contributed by atoms with Crippen LogP contribution < -0.4 is 10.6 Å². The Hall–Kier alpha value is -2.21. The molecule has 2 rings (SSSR count). The van der Waals surface area contributed by atoms with Gasteiger partial charge in [-0.3, -0.25) is 0 Å². The summed E-state index contributed by atoms with van der Waals surface area (Å²) in [4.78, 5) is 0. The third-order valence-corrected chi connectivity index (χ3v) is 2.51. The van der Waals surface area contributed by atoms with Crippen molar-refractivity contribution in [3.63, 3.8) is 0 Å². The van der Waals surface area contributed by atoms with Crippen LogP contribution in [0.2, 0.25) is 0 Å². The number of nitrogens with one attached hydrogen (secondary N) is 2. The van der Waals surface area contributed by atoms with Gasteiger partial charge in [0.25, 0.3) is 0 Å². The molecule has 0 aliphatic rings. The van der Waals surface area contributed by atoms with Gasteiger partial charge in [-0.25, -0.2) is 8.78 Å². The molecule has 0 bridgehead atoms. The van der Waals surface area contributed by atoms with Crippen LogP contribution in [0, 0.1) is 11.6 Å². The standard InChI is InChI=1S/C13H10F2N2OS/c14-10-6-9(7-11(15)12(10)18)17-13(19)16-8-4-2-1-3-5-8/h1-7,18H,(H2,16,17,19). The van der Waals surface area contributed by atoms with Crippen LogP contribution in [-0.4, -0.2) is 10.2 Å². The summed E-state index contributed by atoms with van der Waals surface area (Å²) < 4.78 is 26.2. The molecule has 0 aromatic heterocycles. The fourth-order valence-corrected chi connectivity index (χ4v) is 1.69. The molecular formula is C13H10F2N2OS. The zero-order valence-corrected chi connectivity index (χ0v) is 10.5. The molecule has 98 valence electrons. The van der Waals surface area contributed by atoms with Crippen LogP contribution in [0.25, 0.3) is 0 Å². The van der Waals surface area contributed by atoms with Gasteiger partial charge in [-0.1, -0.05) is 18.2 Å². The number of thiocarbonyl (C=S) groups is 1. The van der Waals surface area contributed by atoms with Crippen molar-refractivity contribution < 1.29 is 13.9 Å². The largest absolute Gasteiger partial charge is 0.503 e. The van der Waals surface area contributed by atoms with Gasteiger partial charge in [0.15, 0.2) is 22.5 Å². The average Bonchev–Trinajstić information content (AvgIpc) is 2.37. The first kappa shape index (κ1) is 13.2. The zero-order chi connectivity index (χ0) is 13.8. The van der Waals surface area contributed by atoms with Gasteiger partial charge in [0.1, 0.15) is 0 Å². The van der Waals surface area contributed by atoms with Gasteiger partial charge in [-0.15, -0.1) is 0 Å². The van der Waals surface area contributed by atoms with Crippen molar-refractivity contribution in [3.8, 4) is 5.75 Å². The quantitative estimate of drug-likeness (QED) is 0.582. The van der Waals surface area contributed by atoms with Crippen LogP contribution >= 0.6 is 12.2 Å². The number of aromatic hydroxyl groups is 1. The van der Waals surface area contributed by atoms with Crippen molar-refractivity contribution in [2.45, 2.75) is 0 Å². The summed E-state index contributed by atoms with van der Waals surface area (Å²) in [5, 5.41) is 14.6. The van der Waals surface area contributed by atoms with Crippen molar-refractivity contribution in [3.05, 3.63) is 54.1 Å². The minimum atomic E-state index is -1.05. The van der Waals surface area contributed by atoms with Crippen molar-refractivity contribution in [2.24, 2.45) is 0 Å². The van der Waals surface area contributed by atoms with Gasteiger partial charge in [-0.05, 0) is 24.4 Å². The van der Waals surface area contributed by atoms with Gasteiger partial charge in [0.05, 0.1) is 0 Å². The van der Waals surface area contributed by atoms with Crippen LogP contribution in [0.15, 0.2) is 42.5 Å². The highest BCUT2D eigenvalue weighted by Gasteiger charge is 2.10. The number of rotatable bonds is 2. The Balaban J connectivity index is 2.07. The third kappa shape index (κ3) is 3.38. The summed E-state index contributed by atoms with van der Waals surface area (Å²) in [5.41, 5.74) is 0.862. The Bertz CT molecular complexity index is 582. The van der Waals surface area contributed by atoms with E-state index in [2.05, 4.69) is 10.6 Å². The molecule has 0 aliphatic carbocycles. The highest BCUT2D eigenvalue weighted by molar-refractivity contribution is 7.80. The van der Waals surface area contributed by atoms with E-state index in [4.69, 9.17) is 17.3 Å². The lowest BCUT2D eigenvalue weighted by Crippen LogP contribution is -2.19. The van der Waals surface area contributed by atoms with E-state index in [1.807, 2.05) is 18.2 Å². The summed E-state index contributed by atoms with van der Waals surface area (Å²) in [7, 11) is 0. The molecule has 6 heteroatoms. The zero-order valence-electron chi connectivity index (χ0n) is 9.65. The summed E-state index contributed by atoms with van der Waals surface area (Å²) in [6.45, 7) is 0. The first-order valence-corrected chi connectivity index (χ1v) is 5.78. The second-order valence-electron chi connectivity index (χ2n) is 3.73. The van der Waals surface area contributed by atoms with Crippen molar-refractivity contribution in [1.82, 2.24) is 0 Å². The Labute approximate surface area is 113 Å². The Morgan fingerprint density at radius 3 is 2.05 bits per heavy atom. The third-order valence-electron chi connectivity index (χ3n) is 2.31. The highest BCUT2D eigenvalue weighted by Crippen LogP contribution is 2.24. The summed E-state index contributed by atoms with van der Waals surface area (Å²) in [5.74, 6) is -3.11. The molecular weight excluding hydrogens is 270 g/mol. The smallest absolute Gasteiger partial charge is 0.187 e. The molecule has 0 aliphatic heterocycles. The second-order valence-corrected chi connectivity index (χ2v) is 4.14. The minimum Gasteiger partial charge on any atom is -0.503 e. The molecule has 0 saturated carbocycles. The maximum Gasteiger partial charge on any atom is 0.187 e.